The second kappa shape index (κ2) is 3.21. The third-order valence-electron chi connectivity index (χ3n) is 3.65. The van der Waals surface area contributed by atoms with Gasteiger partial charge in [0.25, 0.3) is 0 Å². The highest BCUT2D eigenvalue weighted by Gasteiger charge is 2.12. The minimum atomic E-state index is 1.08. The number of rotatable bonds is 0. The van der Waals surface area contributed by atoms with Gasteiger partial charge in [-0.2, -0.15) is 0 Å². The van der Waals surface area contributed by atoms with Crippen molar-refractivity contribution in [1.29, 1.82) is 0 Å². The summed E-state index contributed by atoms with van der Waals surface area (Å²) in [4.78, 5) is 0. The van der Waals surface area contributed by atoms with Crippen LogP contribution in [0, 0.1) is 20.8 Å². The van der Waals surface area contributed by atoms with Crippen LogP contribution in [0.25, 0.3) is 16.8 Å². The molecule has 2 aromatic carbocycles. The van der Waals surface area contributed by atoms with E-state index in [0.29, 0.717) is 0 Å². The Balaban J connectivity index is 2.55. The molecule has 0 N–H and O–H groups in total. The molecular weight excluding hydrogens is 192 g/mol. The average Bonchev–Trinajstić information content (AvgIpc) is 2.25. The first-order valence-electron chi connectivity index (χ1n) is 5.87. The quantitative estimate of drug-likeness (QED) is 0.604. The fraction of sp³-hybridized carbons (Fsp3) is 0.250. The minimum absolute atomic E-state index is 1.08. The molecule has 0 amide bonds. The maximum absolute atomic E-state index is 2.32. The number of benzene rings is 2. The Kier molecular flexibility index (Phi) is 1.94. The molecule has 0 nitrogen and oxygen atoms in total. The Morgan fingerprint density at radius 3 is 2.62 bits per heavy atom. The number of aryl methyl sites for hydroxylation is 2. The van der Waals surface area contributed by atoms with Crippen molar-refractivity contribution >= 4 is 16.8 Å². The summed E-state index contributed by atoms with van der Waals surface area (Å²) in [7, 11) is 0. The molecule has 0 aromatic heterocycles. The molecule has 0 spiro atoms. The summed E-state index contributed by atoms with van der Waals surface area (Å²) < 4.78 is 0. The van der Waals surface area contributed by atoms with E-state index < -0.39 is 0 Å². The first-order valence-corrected chi connectivity index (χ1v) is 5.87. The van der Waals surface area contributed by atoms with Crippen LogP contribution < -0.4 is 0 Å². The van der Waals surface area contributed by atoms with E-state index in [0.717, 1.165) is 6.42 Å². The van der Waals surface area contributed by atoms with Gasteiger partial charge >= 0.3 is 0 Å². The van der Waals surface area contributed by atoms with Gasteiger partial charge in [0.05, 0.1) is 0 Å². The Hall–Kier alpha value is -1.56. The van der Waals surface area contributed by atoms with Gasteiger partial charge in [-0.15, -0.1) is 0 Å². The molecule has 1 aliphatic carbocycles. The van der Waals surface area contributed by atoms with Crippen molar-refractivity contribution < 1.29 is 0 Å². The van der Waals surface area contributed by atoms with Crippen LogP contribution in [0.1, 0.15) is 27.8 Å². The van der Waals surface area contributed by atoms with Crippen LogP contribution in [0.3, 0.4) is 0 Å². The van der Waals surface area contributed by atoms with Crippen molar-refractivity contribution in [2.24, 2.45) is 0 Å². The molecule has 2 aromatic rings. The van der Waals surface area contributed by atoms with Crippen molar-refractivity contribution in [3.05, 3.63) is 52.1 Å². The zero-order valence-electron chi connectivity index (χ0n) is 10.1. The molecule has 0 radical (unpaired) electrons. The molecule has 0 fully saturated rings. The molecule has 0 heteroatoms. The Morgan fingerprint density at radius 2 is 1.81 bits per heavy atom. The Labute approximate surface area is 96.6 Å². The van der Waals surface area contributed by atoms with Gasteiger partial charge in [-0.1, -0.05) is 35.9 Å². The fourth-order valence-corrected chi connectivity index (χ4v) is 2.75. The normalized spacial score (nSPS) is 13.4. The SMILES string of the molecule is Cc1cc2c3c(c(C)c(C)cc3c1)C=CC2. The van der Waals surface area contributed by atoms with E-state index in [1.165, 1.54) is 38.6 Å². The Bertz CT molecular complexity index is 616. The lowest BCUT2D eigenvalue weighted by molar-refractivity contribution is 1.25. The summed E-state index contributed by atoms with van der Waals surface area (Å²) in [6.45, 7) is 6.61. The standard InChI is InChI=1S/C16H16/c1-10-7-13-5-4-6-15-12(3)11(2)9-14(8-10)16(13)15/h4,6-9H,5H2,1-3H3. The van der Waals surface area contributed by atoms with E-state index in [4.69, 9.17) is 0 Å². The maximum atomic E-state index is 2.32. The lowest BCUT2D eigenvalue weighted by atomic mass is 9.87. The molecule has 0 bridgehead atoms. The molecule has 0 heterocycles. The number of hydrogen-bond acceptors (Lipinski definition) is 0. The van der Waals surface area contributed by atoms with E-state index >= 15 is 0 Å². The highest BCUT2D eigenvalue weighted by atomic mass is 14.2. The number of allylic oxidation sites excluding steroid dienone is 1. The van der Waals surface area contributed by atoms with Gasteiger partial charge in [0.2, 0.25) is 0 Å². The zero-order chi connectivity index (χ0) is 11.3. The van der Waals surface area contributed by atoms with Crippen LogP contribution in [0.5, 0.6) is 0 Å². The van der Waals surface area contributed by atoms with E-state index in [1.807, 2.05) is 0 Å². The third-order valence-corrected chi connectivity index (χ3v) is 3.65. The van der Waals surface area contributed by atoms with Gasteiger partial charge in [-0.05, 0) is 60.2 Å². The van der Waals surface area contributed by atoms with Crippen LogP contribution in [0.4, 0.5) is 0 Å². The van der Waals surface area contributed by atoms with Gasteiger partial charge < -0.3 is 0 Å². The molecule has 0 saturated heterocycles. The summed E-state index contributed by atoms with van der Waals surface area (Å²) in [6.07, 6.45) is 5.64. The van der Waals surface area contributed by atoms with E-state index in [1.54, 1.807) is 0 Å². The summed E-state index contributed by atoms with van der Waals surface area (Å²) in [5.41, 5.74) is 7.10. The van der Waals surface area contributed by atoms with Gasteiger partial charge in [0, 0.05) is 0 Å². The largest absolute Gasteiger partial charge is 0.0795 e. The summed E-state index contributed by atoms with van der Waals surface area (Å²) >= 11 is 0. The van der Waals surface area contributed by atoms with Crippen molar-refractivity contribution in [1.82, 2.24) is 0 Å². The van der Waals surface area contributed by atoms with Crippen molar-refractivity contribution in [3.8, 4) is 0 Å². The smallest absolute Gasteiger partial charge is 0.00732 e. The van der Waals surface area contributed by atoms with Gasteiger partial charge in [0.15, 0.2) is 0 Å². The van der Waals surface area contributed by atoms with Gasteiger partial charge in [0.1, 0.15) is 0 Å². The van der Waals surface area contributed by atoms with E-state index in [2.05, 4.69) is 51.1 Å². The second-order valence-corrected chi connectivity index (χ2v) is 4.86. The van der Waals surface area contributed by atoms with Crippen molar-refractivity contribution in [2.45, 2.75) is 27.2 Å². The molecule has 1 aliphatic rings. The first kappa shape index (κ1) is 9.65. The zero-order valence-corrected chi connectivity index (χ0v) is 10.1. The lowest BCUT2D eigenvalue weighted by Gasteiger charge is -2.17. The van der Waals surface area contributed by atoms with Gasteiger partial charge in [-0.3, -0.25) is 0 Å². The van der Waals surface area contributed by atoms with E-state index in [-0.39, 0.29) is 0 Å². The summed E-state index contributed by atoms with van der Waals surface area (Å²) in [5.74, 6) is 0. The molecule has 80 valence electrons. The predicted molar refractivity (Wildman–Crippen MR) is 70.9 cm³/mol. The first-order chi connectivity index (χ1) is 7.66. The highest BCUT2D eigenvalue weighted by Crippen LogP contribution is 2.33. The topological polar surface area (TPSA) is 0 Å². The predicted octanol–water partition coefficient (Wildman–Crippen LogP) is 4.33. The monoisotopic (exact) mass is 208 g/mol. The fourth-order valence-electron chi connectivity index (χ4n) is 2.75. The van der Waals surface area contributed by atoms with Crippen molar-refractivity contribution in [3.63, 3.8) is 0 Å². The van der Waals surface area contributed by atoms with Crippen LogP contribution >= 0.6 is 0 Å². The maximum Gasteiger partial charge on any atom is -0.00732 e. The van der Waals surface area contributed by atoms with Crippen LogP contribution in [0.2, 0.25) is 0 Å². The molecule has 16 heavy (non-hydrogen) atoms. The molecule has 0 saturated carbocycles. The summed E-state index contributed by atoms with van der Waals surface area (Å²) in [5, 5.41) is 2.87. The summed E-state index contributed by atoms with van der Waals surface area (Å²) in [6, 6.07) is 6.95. The number of hydrogen-bond donors (Lipinski definition) is 0. The van der Waals surface area contributed by atoms with Gasteiger partial charge in [-0.25, -0.2) is 0 Å². The minimum Gasteiger partial charge on any atom is -0.0795 e. The van der Waals surface area contributed by atoms with Crippen LogP contribution in [-0.4, -0.2) is 0 Å². The highest BCUT2D eigenvalue weighted by molar-refractivity contribution is 5.97. The third kappa shape index (κ3) is 1.23. The lowest BCUT2D eigenvalue weighted by Crippen LogP contribution is -1.98. The molecule has 0 aliphatic heterocycles. The molecule has 3 rings (SSSR count). The van der Waals surface area contributed by atoms with Crippen LogP contribution in [0.15, 0.2) is 24.3 Å². The van der Waals surface area contributed by atoms with Crippen LogP contribution in [-0.2, 0) is 6.42 Å². The molecular formula is C16H16. The molecule has 0 atom stereocenters. The van der Waals surface area contributed by atoms with E-state index in [9.17, 15) is 0 Å². The Morgan fingerprint density at radius 1 is 1.00 bits per heavy atom. The average molecular weight is 208 g/mol. The molecule has 0 unspecified atom stereocenters. The van der Waals surface area contributed by atoms with Crippen molar-refractivity contribution in [2.75, 3.05) is 0 Å². The second-order valence-electron chi connectivity index (χ2n) is 4.86.